The molecule has 0 aromatic heterocycles. The summed E-state index contributed by atoms with van der Waals surface area (Å²) in [6, 6.07) is 21.4. The van der Waals surface area contributed by atoms with Gasteiger partial charge in [-0.3, -0.25) is 0 Å². The lowest BCUT2D eigenvalue weighted by atomic mass is 9.90. The maximum absolute atomic E-state index is 10.5. The van der Waals surface area contributed by atoms with E-state index in [9.17, 15) is 20.4 Å². The van der Waals surface area contributed by atoms with Crippen molar-refractivity contribution in [2.24, 2.45) is 0 Å². The highest BCUT2D eigenvalue weighted by atomic mass is 16.5. The number of aliphatic hydroxyl groups is 4. The lowest BCUT2D eigenvalue weighted by molar-refractivity contribution is -0.231. The molecule has 1 saturated heterocycles. The van der Waals surface area contributed by atoms with E-state index in [0.717, 1.165) is 16.9 Å². The smallest absolute Gasteiger partial charge is 0.122 e. The van der Waals surface area contributed by atoms with Crippen LogP contribution in [0.2, 0.25) is 0 Å². The van der Waals surface area contributed by atoms with Crippen LogP contribution in [0.5, 0.6) is 11.5 Å². The van der Waals surface area contributed by atoms with Crippen molar-refractivity contribution in [2.45, 2.75) is 49.7 Å². The quantitative estimate of drug-likeness (QED) is 0.367. The Labute approximate surface area is 215 Å². The van der Waals surface area contributed by atoms with Gasteiger partial charge in [-0.2, -0.15) is 0 Å². The minimum absolute atomic E-state index is 0.0784. The van der Waals surface area contributed by atoms with Gasteiger partial charge in [0.05, 0.1) is 20.3 Å². The molecule has 3 aromatic rings. The Hall–Kier alpha value is -2.98. The van der Waals surface area contributed by atoms with Crippen LogP contribution in [0.3, 0.4) is 0 Å². The summed E-state index contributed by atoms with van der Waals surface area (Å²) in [5.41, 5.74) is 4.88. The van der Waals surface area contributed by atoms with Crippen LogP contribution >= 0.6 is 0 Å². The van der Waals surface area contributed by atoms with Gasteiger partial charge in [-0.05, 0) is 52.1 Å². The summed E-state index contributed by atoms with van der Waals surface area (Å²) in [5.74, 6) is 1.42. The van der Waals surface area contributed by atoms with Crippen molar-refractivity contribution >= 4 is 0 Å². The molecule has 0 aliphatic carbocycles. The molecule has 1 fully saturated rings. The summed E-state index contributed by atoms with van der Waals surface area (Å²) in [6.45, 7) is 0.566. The summed E-state index contributed by atoms with van der Waals surface area (Å²) in [7, 11) is 1.59. The fourth-order valence-electron chi connectivity index (χ4n) is 4.98. The third-order valence-corrected chi connectivity index (χ3v) is 7.09. The summed E-state index contributed by atoms with van der Waals surface area (Å²) in [4.78, 5) is 0. The van der Waals surface area contributed by atoms with Crippen molar-refractivity contribution in [1.29, 1.82) is 0 Å². The van der Waals surface area contributed by atoms with E-state index in [1.165, 1.54) is 11.1 Å². The predicted molar refractivity (Wildman–Crippen MR) is 134 cm³/mol. The molecular weight excluding hydrogens is 476 g/mol. The molecule has 0 saturated carbocycles. The number of ether oxygens (including phenoxy) is 4. The van der Waals surface area contributed by atoms with Gasteiger partial charge in [-0.1, -0.05) is 42.5 Å². The minimum Gasteiger partial charge on any atom is -0.496 e. The number of methoxy groups -OCH3 is 1. The zero-order valence-electron chi connectivity index (χ0n) is 20.6. The number of aliphatic hydroxyl groups excluding tert-OH is 4. The number of hydrogen-bond acceptors (Lipinski definition) is 8. The van der Waals surface area contributed by atoms with Crippen LogP contribution in [-0.4, -0.2) is 65.2 Å². The van der Waals surface area contributed by atoms with E-state index >= 15 is 0 Å². The first-order valence-electron chi connectivity index (χ1n) is 12.4. The van der Waals surface area contributed by atoms with Crippen molar-refractivity contribution in [3.05, 3.63) is 94.5 Å². The Kier molecular flexibility index (Phi) is 7.76. The highest BCUT2D eigenvalue weighted by molar-refractivity contribution is 5.42. The van der Waals surface area contributed by atoms with Crippen LogP contribution in [0.15, 0.2) is 66.7 Å². The van der Waals surface area contributed by atoms with Crippen LogP contribution in [0.4, 0.5) is 0 Å². The SMILES string of the molecule is COc1ccc([C@@H]2O[C@H](CO)[C@@H](O)[C@H](O)[C@H]2O)cc1Cc1ccc(OCC2OCc3ccccc32)cc1. The van der Waals surface area contributed by atoms with E-state index in [1.54, 1.807) is 19.2 Å². The average molecular weight is 509 g/mol. The van der Waals surface area contributed by atoms with Crippen LogP contribution in [0.25, 0.3) is 0 Å². The van der Waals surface area contributed by atoms with Gasteiger partial charge >= 0.3 is 0 Å². The molecule has 196 valence electrons. The second-order valence-corrected chi connectivity index (χ2v) is 9.45. The second kappa shape index (κ2) is 11.2. The highest BCUT2D eigenvalue weighted by Crippen LogP contribution is 2.35. The molecule has 6 atom stereocenters. The number of fused-ring (bicyclic) bond motifs is 1. The number of hydrogen-bond donors (Lipinski definition) is 4. The first kappa shape index (κ1) is 25.7. The Bertz CT molecular complexity index is 1190. The molecule has 8 nitrogen and oxygen atoms in total. The van der Waals surface area contributed by atoms with E-state index in [4.69, 9.17) is 18.9 Å². The Morgan fingerprint density at radius 3 is 2.46 bits per heavy atom. The summed E-state index contributed by atoms with van der Waals surface area (Å²) in [5, 5.41) is 40.3. The molecule has 37 heavy (non-hydrogen) atoms. The normalized spacial score (nSPS) is 27.1. The molecule has 0 amide bonds. The third-order valence-electron chi connectivity index (χ3n) is 7.09. The topological polar surface area (TPSA) is 118 Å². The molecule has 5 rings (SSSR count). The van der Waals surface area contributed by atoms with Crippen LogP contribution in [-0.2, 0) is 22.5 Å². The third kappa shape index (κ3) is 5.36. The fraction of sp³-hybridized carbons (Fsp3) is 0.379. The lowest BCUT2D eigenvalue weighted by Gasteiger charge is -2.40. The fourth-order valence-corrected chi connectivity index (χ4v) is 4.98. The van der Waals surface area contributed by atoms with Gasteiger partial charge < -0.3 is 39.4 Å². The molecule has 0 radical (unpaired) electrons. The van der Waals surface area contributed by atoms with Gasteiger partial charge in [0.2, 0.25) is 0 Å². The molecule has 0 bridgehead atoms. The standard InChI is InChI=1S/C29H32O8/c1-34-23-11-8-18(29-28(33)27(32)26(31)24(14-30)37-29)13-20(23)12-17-6-9-21(10-7-17)35-16-25-22-5-3-2-4-19(22)15-36-25/h2-11,13,24-33H,12,14-16H2,1H3/t24-,25?,26-,27+,28-,29+/m1/s1. The molecule has 2 heterocycles. The van der Waals surface area contributed by atoms with Crippen LogP contribution in [0, 0.1) is 0 Å². The molecule has 4 N–H and O–H groups in total. The van der Waals surface area contributed by atoms with E-state index in [-0.39, 0.29) is 6.10 Å². The molecule has 2 aliphatic heterocycles. The number of rotatable bonds is 8. The van der Waals surface area contributed by atoms with Crippen molar-refractivity contribution < 1.29 is 39.4 Å². The van der Waals surface area contributed by atoms with Gasteiger partial charge in [0.15, 0.2) is 0 Å². The molecule has 0 spiro atoms. The van der Waals surface area contributed by atoms with Crippen molar-refractivity contribution in [1.82, 2.24) is 0 Å². The van der Waals surface area contributed by atoms with Crippen molar-refractivity contribution in [3.63, 3.8) is 0 Å². The molecule has 3 aromatic carbocycles. The predicted octanol–water partition coefficient (Wildman–Crippen LogP) is 2.45. The summed E-state index contributed by atoms with van der Waals surface area (Å²) >= 11 is 0. The molecule has 8 heteroatoms. The van der Waals surface area contributed by atoms with E-state index in [2.05, 4.69) is 12.1 Å². The minimum atomic E-state index is -1.43. The monoisotopic (exact) mass is 508 g/mol. The van der Waals surface area contributed by atoms with Gasteiger partial charge in [-0.15, -0.1) is 0 Å². The van der Waals surface area contributed by atoms with Crippen LogP contribution < -0.4 is 9.47 Å². The first-order valence-corrected chi connectivity index (χ1v) is 12.4. The summed E-state index contributed by atoms with van der Waals surface area (Å²) < 4.78 is 23.1. The molecule has 1 unspecified atom stereocenters. The first-order chi connectivity index (χ1) is 18.0. The largest absolute Gasteiger partial charge is 0.496 e. The maximum atomic E-state index is 10.5. The maximum Gasteiger partial charge on any atom is 0.122 e. The summed E-state index contributed by atoms with van der Waals surface area (Å²) in [6.07, 6.45) is -5.57. The zero-order valence-corrected chi connectivity index (χ0v) is 20.6. The Morgan fingerprint density at radius 1 is 0.919 bits per heavy atom. The van der Waals surface area contributed by atoms with E-state index in [0.29, 0.717) is 30.9 Å². The zero-order chi connectivity index (χ0) is 25.9. The molecule has 2 aliphatic rings. The van der Waals surface area contributed by atoms with E-state index in [1.807, 2.05) is 42.5 Å². The Morgan fingerprint density at radius 2 is 1.70 bits per heavy atom. The van der Waals surface area contributed by atoms with Gasteiger partial charge in [0.1, 0.15) is 54.7 Å². The average Bonchev–Trinajstić information content (AvgIpc) is 3.35. The lowest BCUT2D eigenvalue weighted by Crippen LogP contribution is -2.55. The van der Waals surface area contributed by atoms with Crippen molar-refractivity contribution in [3.8, 4) is 11.5 Å². The second-order valence-electron chi connectivity index (χ2n) is 9.45. The highest BCUT2D eigenvalue weighted by Gasteiger charge is 2.44. The van der Waals surface area contributed by atoms with Crippen molar-refractivity contribution in [2.75, 3.05) is 20.3 Å². The van der Waals surface area contributed by atoms with Gasteiger partial charge in [0.25, 0.3) is 0 Å². The van der Waals surface area contributed by atoms with Gasteiger partial charge in [0, 0.05) is 6.42 Å². The van der Waals surface area contributed by atoms with Crippen LogP contribution in [0.1, 0.15) is 40.0 Å². The van der Waals surface area contributed by atoms with Gasteiger partial charge in [-0.25, -0.2) is 0 Å². The van der Waals surface area contributed by atoms with E-state index < -0.39 is 37.1 Å². The number of benzene rings is 3. The Balaban J connectivity index is 1.27. The molecular formula is C29H32O8.